The van der Waals surface area contributed by atoms with Gasteiger partial charge in [-0.2, -0.15) is 0 Å². The van der Waals surface area contributed by atoms with Crippen LogP contribution < -0.4 is 38.0 Å². The van der Waals surface area contributed by atoms with E-state index in [2.05, 4.69) is 16.4 Å². The van der Waals surface area contributed by atoms with E-state index in [0.717, 1.165) is 0 Å². The average Bonchev–Trinajstić information content (AvgIpc) is 2.54. The van der Waals surface area contributed by atoms with E-state index in [1.807, 2.05) is 0 Å². The molecule has 12 nitrogen and oxygen atoms in total. The van der Waals surface area contributed by atoms with Crippen LogP contribution in [0.5, 0.6) is 0 Å². The molecule has 0 aromatic heterocycles. The van der Waals surface area contributed by atoms with Gasteiger partial charge in [0.05, 0.1) is 24.3 Å². The minimum atomic E-state index is -1.49. The number of quaternary nitrogens is 1. The van der Waals surface area contributed by atoms with Crippen LogP contribution in [-0.2, 0) is 23.9 Å². The van der Waals surface area contributed by atoms with E-state index < -0.39 is 54.7 Å². The zero-order chi connectivity index (χ0) is 21.0. The third kappa shape index (κ3) is 11.1. The lowest BCUT2D eigenvalue weighted by Gasteiger charge is -2.22. The number of carboxylic acid groups (broad SMARTS) is 1. The molecule has 9 N–H and O–H groups in total. The summed E-state index contributed by atoms with van der Waals surface area (Å²) in [6.07, 6.45) is -0.522. The van der Waals surface area contributed by atoms with Gasteiger partial charge in [-0.05, 0) is 33.0 Å². The lowest BCUT2D eigenvalue weighted by Crippen LogP contribution is -2.69. The van der Waals surface area contributed by atoms with Crippen molar-refractivity contribution in [3.05, 3.63) is 0 Å². The van der Waals surface area contributed by atoms with E-state index in [0.29, 0.717) is 19.3 Å². The van der Waals surface area contributed by atoms with E-state index in [-0.39, 0.29) is 13.0 Å². The third-order valence-electron chi connectivity index (χ3n) is 3.74. The second-order valence-electron chi connectivity index (χ2n) is 6.35. The number of primary amides is 1. The first-order valence-corrected chi connectivity index (χ1v) is 8.38. The molecule has 3 atom stereocenters. The topological polar surface area (TPSA) is 227 Å². The SMILES string of the molecule is CC(N)(CCCCNC(=O)CC(NC(=O)CC([NH3+])C(=O)[O-])OC[O-])C(N)=O. The summed E-state index contributed by atoms with van der Waals surface area (Å²) in [7, 11) is 0. The Bertz CT molecular complexity index is 527. The maximum Gasteiger partial charge on any atom is 0.237 e. The van der Waals surface area contributed by atoms with Crippen molar-refractivity contribution < 1.29 is 39.9 Å². The van der Waals surface area contributed by atoms with Crippen molar-refractivity contribution in [3.63, 3.8) is 0 Å². The fraction of sp³-hybridized carbons (Fsp3) is 0.733. The molecule has 0 spiro atoms. The maximum absolute atomic E-state index is 11.8. The number of amides is 3. The van der Waals surface area contributed by atoms with Gasteiger partial charge in [0.25, 0.3) is 0 Å². The molecule has 3 unspecified atom stereocenters. The Morgan fingerprint density at radius 1 is 1.19 bits per heavy atom. The Kier molecular flexibility index (Phi) is 11.1. The third-order valence-corrected chi connectivity index (χ3v) is 3.74. The molecule has 0 aliphatic heterocycles. The van der Waals surface area contributed by atoms with Crippen LogP contribution in [0.25, 0.3) is 0 Å². The van der Waals surface area contributed by atoms with E-state index in [1.54, 1.807) is 0 Å². The van der Waals surface area contributed by atoms with Gasteiger partial charge < -0.3 is 47.6 Å². The van der Waals surface area contributed by atoms with Gasteiger partial charge in [-0.15, -0.1) is 0 Å². The molecule has 12 heteroatoms. The fourth-order valence-electron chi connectivity index (χ4n) is 1.99. The van der Waals surface area contributed by atoms with Crippen molar-refractivity contribution >= 4 is 23.7 Å². The Hall–Kier alpha value is -2.28. The van der Waals surface area contributed by atoms with Crippen LogP contribution in [0.1, 0.15) is 39.0 Å². The highest BCUT2D eigenvalue weighted by molar-refractivity contribution is 5.84. The summed E-state index contributed by atoms with van der Waals surface area (Å²) in [6.45, 7) is 0.824. The average molecular weight is 390 g/mol. The quantitative estimate of drug-likeness (QED) is 0.141. The van der Waals surface area contributed by atoms with Crippen molar-refractivity contribution in [2.75, 3.05) is 13.3 Å². The van der Waals surface area contributed by atoms with Gasteiger partial charge in [0.15, 0.2) is 0 Å². The van der Waals surface area contributed by atoms with Crippen molar-refractivity contribution in [1.29, 1.82) is 0 Å². The molecule has 0 saturated heterocycles. The van der Waals surface area contributed by atoms with Crippen LogP contribution >= 0.6 is 0 Å². The smallest absolute Gasteiger partial charge is 0.237 e. The number of nitrogens with one attached hydrogen (secondary N) is 2. The summed E-state index contributed by atoms with van der Waals surface area (Å²) in [6, 6.07) is -1.26. The lowest BCUT2D eigenvalue weighted by molar-refractivity contribution is -0.438. The highest BCUT2D eigenvalue weighted by atomic mass is 16.6. The summed E-state index contributed by atoms with van der Waals surface area (Å²) in [5.74, 6) is -3.32. The van der Waals surface area contributed by atoms with Crippen LogP contribution in [0.4, 0.5) is 0 Å². The number of carbonyl (C=O) groups is 4. The number of carboxylic acids is 1. The Morgan fingerprint density at radius 3 is 2.33 bits per heavy atom. The van der Waals surface area contributed by atoms with Gasteiger partial charge in [-0.25, -0.2) is 0 Å². The van der Waals surface area contributed by atoms with Crippen LogP contribution in [0.15, 0.2) is 0 Å². The molecule has 156 valence electrons. The maximum atomic E-state index is 11.8. The first-order valence-electron chi connectivity index (χ1n) is 8.38. The molecular formula is C15H28N5O7-. The highest BCUT2D eigenvalue weighted by Crippen LogP contribution is 2.09. The van der Waals surface area contributed by atoms with Crippen molar-refractivity contribution in [3.8, 4) is 0 Å². The lowest BCUT2D eigenvalue weighted by atomic mass is 9.95. The number of ether oxygens (including phenoxy) is 1. The molecular weight excluding hydrogens is 362 g/mol. The molecule has 0 aliphatic carbocycles. The number of nitrogens with two attached hydrogens (primary N) is 2. The molecule has 0 aromatic rings. The summed E-state index contributed by atoms with van der Waals surface area (Å²) in [5, 5.41) is 26.0. The van der Waals surface area contributed by atoms with Crippen LogP contribution in [0.3, 0.4) is 0 Å². The van der Waals surface area contributed by atoms with Crippen molar-refractivity contribution in [2.45, 2.75) is 56.8 Å². The van der Waals surface area contributed by atoms with Crippen LogP contribution in [-0.4, -0.2) is 54.8 Å². The van der Waals surface area contributed by atoms with Crippen molar-refractivity contribution in [2.24, 2.45) is 11.5 Å². The Balaban J connectivity index is 4.23. The summed E-state index contributed by atoms with van der Waals surface area (Å²) in [4.78, 5) is 45.2. The van der Waals surface area contributed by atoms with E-state index in [9.17, 15) is 29.4 Å². The monoisotopic (exact) mass is 390 g/mol. The molecule has 0 aliphatic rings. The highest BCUT2D eigenvalue weighted by Gasteiger charge is 2.24. The number of hydrogen-bond acceptors (Lipinski definition) is 8. The molecule has 0 rings (SSSR count). The van der Waals surface area contributed by atoms with Crippen LogP contribution in [0.2, 0.25) is 0 Å². The van der Waals surface area contributed by atoms with E-state index in [4.69, 9.17) is 16.2 Å². The predicted octanol–water partition coefficient (Wildman–Crippen LogP) is -5.61. The molecule has 0 saturated carbocycles. The fourth-order valence-corrected chi connectivity index (χ4v) is 1.99. The number of aliphatic carboxylic acids is 1. The molecule has 0 fully saturated rings. The molecule has 27 heavy (non-hydrogen) atoms. The normalized spacial score (nSPS) is 15.3. The number of hydrogen-bond donors (Lipinski definition) is 5. The first kappa shape index (κ1) is 24.7. The molecule has 0 radical (unpaired) electrons. The minimum Gasteiger partial charge on any atom is -0.834 e. The largest absolute Gasteiger partial charge is 0.834 e. The zero-order valence-electron chi connectivity index (χ0n) is 15.3. The van der Waals surface area contributed by atoms with Crippen LogP contribution in [0, 0.1) is 0 Å². The van der Waals surface area contributed by atoms with Gasteiger partial charge in [0.1, 0.15) is 12.3 Å². The van der Waals surface area contributed by atoms with Gasteiger partial charge >= 0.3 is 0 Å². The van der Waals surface area contributed by atoms with Gasteiger partial charge in [0, 0.05) is 6.54 Å². The summed E-state index contributed by atoms with van der Waals surface area (Å²) < 4.78 is 4.72. The van der Waals surface area contributed by atoms with Gasteiger partial charge in [0.2, 0.25) is 17.7 Å². The number of rotatable bonds is 14. The molecule has 0 heterocycles. The van der Waals surface area contributed by atoms with E-state index >= 15 is 0 Å². The molecule has 3 amide bonds. The Morgan fingerprint density at radius 2 is 1.81 bits per heavy atom. The number of carbonyl (C=O) groups excluding carboxylic acids is 4. The zero-order valence-corrected chi connectivity index (χ0v) is 15.3. The van der Waals surface area contributed by atoms with Gasteiger partial charge in [-0.3, -0.25) is 14.4 Å². The van der Waals surface area contributed by atoms with E-state index in [1.165, 1.54) is 6.92 Å². The number of unbranched alkanes of at least 4 members (excludes halogenated alkanes) is 1. The molecule has 0 bridgehead atoms. The first-order chi connectivity index (χ1) is 12.5. The second-order valence-corrected chi connectivity index (χ2v) is 6.35. The predicted molar refractivity (Wildman–Crippen MR) is 87.4 cm³/mol. The molecule has 0 aromatic carbocycles. The Labute approximate surface area is 156 Å². The second kappa shape index (κ2) is 12.2. The minimum absolute atomic E-state index is 0.289. The summed E-state index contributed by atoms with van der Waals surface area (Å²) in [5.41, 5.74) is 13.0. The standard InChI is InChI=1S/C15H28N5O7/c1-15(18,14(17)26)4-2-3-5-19-10(22)7-12(27-8-21)20-11(23)6-9(16)13(24)25/h9,12H,2-8,16,18H2,1H3,(H2,17,26)(H,19,22)(H,20,23)(H,24,25)/q-1. The van der Waals surface area contributed by atoms with Gasteiger partial charge in [-0.1, -0.05) is 0 Å². The van der Waals surface area contributed by atoms with Crippen molar-refractivity contribution in [1.82, 2.24) is 10.6 Å². The summed E-state index contributed by atoms with van der Waals surface area (Å²) >= 11 is 0.